The summed E-state index contributed by atoms with van der Waals surface area (Å²) in [5, 5.41) is 5.62. The van der Waals surface area contributed by atoms with Gasteiger partial charge in [-0.15, -0.1) is 12.4 Å². The van der Waals surface area contributed by atoms with Gasteiger partial charge in [0.2, 0.25) is 11.8 Å². The lowest BCUT2D eigenvalue weighted by Gasteiger charge is -2.57. The Morgan fingerprint density at radius 1 is 1.04 bits per heavy atom. The van der Waals surface area contributed by atoms with Crippen molar-refractivity contribution in [3.8, 4) is 0 Å². The predicted molar refractivity (Wildman–Crippen MR) is 101 cm³/mol. The smallest absolute Gasteiger partial charge is 0.239 e. The molecule has 4 aliphatic rings. The number of nitrogens with one attached hydrogen (secondary N) is 2. The van der Waals surface area contributed by atoms with E-state index < -0.39 is 6.04 Å². The Kier molecular flexibility index (Phi) is 6.77. The van der Waals surface area contributed by atoms with E-state index in [1.54, 1.807) is 0 Å². The fourth-order valence-corrected chi connectivity index (χ4v) is 5.71. The molecule has 5 nitrogen and oxygen atoms in total. The molecule has 4 fully saturated rings. The number of carbonyl (C=O) groups excluding carboxylic acids is 2. The van der Waals surface area contributed by atoms with Gasteiger partial charge in [-0.1, -0.05) is 13.8 Å². The lowest BCUT2D eigenvalue weighted by molar-refractivity contribution is -0.127. The van der Waals surface area contributed by atoms with Crippen molar-refractivity contribution in [3.05, 3.63) is 0 Å². The highest BCUT2D eigenvalue weighted by molar-refractivity contribution is 5.87. The lowest BCUT2D eigenvalue weighted by Crippen LogP contribution is -2.49. The van der Waals surface area contributed by atoms with Gasteiger partial charge in [0.1, 0.15) is 0 Å². The maximum absolute atomic E-state index is 12.0. The van der Waals surface area contributed by atoms with Gasteiger partial charge in [-0.2, -0.15) is 0 Å². The summed E-state index contributed by atoms with van der Waals surface area (Å²) in [4.78, 5) is 23.7. The van der Waals surface area contributed by atoms with Crippen molar-refractivity contribution < 1.29 is 9.59 Å². The van der Waals surface area contributed by atoms with Crippen molar-refractivity contribution in [2.75, 3.05) is 13.1 Å². The first-order chi connectivity index (χ1) is 11.4. The number of amides is 2. The zero-order valence-corrected chi connectivity index (χ0v) is 16.4. The first kappa shape index (κ1) is 20.5. The SMILES string of the molecule is CC(C)[C@H](N)C(=O)NCC(=O)NCCC12CC3CC(CC(C3)C1)C2.Cl. The van der Waals surface area contributed by atoms with Crippen LogP contribution in [0.1, 0.15) is 58.8 Å². The van der Waals surface area contributed by atoms with Gasteiger partial charge in [-0.05, 0) is 74.0 Å². The highest BCUT2D eigenvalue weighted by Gasteiger charge is 2.50. The highest BCUT2D eigenvalue weighted by Crippen LogP contribution is 2.61. The van der Waals surface area contributed by atoms with E-state index in [4.69, 9.17) is 5.73 Å². The molecule has 0 saturated heterocycles. The number of halogens is 1. The molecule has 25 heavy (non-hydrogen) atoms. The third kappa shape index (κ3) is 4.88. The summed E-state index contributed by atoms with van der Waals surface area (Å²) in [6, 6.07) is -0.551. The van der Waals surface area contributed by atoms with Crippen LogP contribution in [-0.4, -0.2) is 30.9 Å². The van der Waals surface area contributed by atoms with Crippen LogP contribution in [0.4, 0.5) is 0 Å². The van der Waals surface area contributed by atoms with Crippen LogP contribution in [0.2, 0.25) is 0 Å². The minimum atomic E-state index is -0.551. The second-order valence-corrected chi connectivity index (χ2v) is 9.01. The van der Waals surface area contributed by atoms with E-state index in [1.165, 1.54) is 38.5 Å². The summed E-state index contributed by atoms with van der Waals surface area (Å²) in [6.45, 7) is 4.56. The Morgan fingerprint density at radius 2 is 1.56 bits per heavy atom. The van der Waals surface area contributed by atoms with E-state index >= 15 is 0 Å². The minimum absolute atomic E-state index is 0. The fourth-order valence-electron chi connectivity index (χ4n) is 5.71. The van der Waals surface area contributed by atoms with Crippen LogP contribution in [0.5, 0.6) is 0 Å². The molecule has 2 amide bonds. The van der Waals surface area contributed by atoms with E-state index in [2.05, 4.69) is 10.6 Å². The molecule has 4 aliphatic carbocycles. The molecule has 0 aliphatic heterocycles. The van der Waals surface area contributed by atoms with Crippen molar-refractivity contribution in [3.63, 3.8) is 0 Å². The molecule has 144 valence electrons. The van der Waals surface area contributed by atoms with Crippen LogP contribution in [0.15, 0.2) is 0 Å². The molecule has 0 aromatic carbocycles. The van der Waals surface area contributed by atoms with Gasteiger partial charge in [-0.25, -0.2) is 0 Å². The highest BCUT2D eigenvalue weighted by atomic mass is 35.5. The van der Waals surface area contributed by atoms with E-state index in [9.17, 15) is 9.59 Å². The summed E-state index contributed by atoms with van der Waals surface area (Å²) >= 11 is 0. The van der Waals surface area contributed by atoms with Gasteiger partial charge in [0.05, 0.1) is 12.6 Å². The van der Waals surface area contributed by atoms with E-state index in [1.807, 2.05) is 13.8 Å². The van der Waals surface area contributed by atoms with Gasteiger partial charge >= 0.3 is 0 Å². The molecule has 4 rings (SSSR count). The maximum Gasteiger partial charge on any atom is 0.239 e. The van der Waals surface area contributed by atoms with Crippen LogP contribution in [0.25, 0.3) is 0 Å². The Hall–Kier alpha value is -0.810. The molecular formula is C19H34ClN3O2. The average molecular weight is 372 g/mol. The summed E-state index contributed by atoms with van der Waals surface area (Å²) in [6.07, 6.45) is 9.56. The number of nitrogens with two attached hydrogens (primary N) is 1. The molecule has 4 saturated carbocycles. The minimum Gasteiger partial charge on any atom is -0.355 e. The van der Waals surface area contributed by atoms with Gasteiger partial charge in [0.25, 0.3) is 0 Å². The summed E-state index contributed by atoms with van der Waals surface area (Å²) in [5.74, 6) is 2.56. The third-order valence-corrected chi connectivity index (χ3v) is 6.59. The van der Waals surface area contributed by atoms with Crippen LogP contribution in [0.3, 0.4) is 0 Å². The molecule has 6 heteroatoms. The Balaban J connectivity index is 0.00000225. The Bertz CT molecular complexity index is 460. The van der Waals surface area contributed by atoms with E-state index in [0.29, 0.717) is 5.41 Å². The molecule has 4 bridgehead atoms. The van der Waals surface area contributed by atoms with Crippen molar-refractivity contribution in [2.45, 2.75) is 64.8 Å². The zero-order chi connectivity index (χ0) is 17.3. The van der Waals surface area contributed by atoms with Crippen molar-refractivity contribution in [1.82, 2.24) is 10.6 Å². The maximum atomic E-state index is 12.0. The number of hydrogen-bond acceptors (Lipinski definition) is 3. The second-order valence-electron chi connectivity index (χ2n) is 9.01. The van der Waals surface area contributed by atoms with Crippen LogP contribution in [-0.2, 0) is 9.59 Å². The van der Waals surface area contributed by atoms with Crippen LogP contribution < -0.4 is 16.4 Å². The van der Waals surface area contributed by atoms with E-state index in [0.717, 1.165) is 30.7 Å². The van der Waals surface area contributed by atoms with Gasteiger partial charge < -0.3 is 16.4 Å². The Labute approximate surface area is 157 Å². The number of carbonyl (C=O) groups is 2. The summed E-state index contributed by atoms with van der Waals surface area (Å²) < 4.78 is 0. The monoisotopic (exact) mass is 371 g/mol. The zero-order valence-electron chi connectivity index (χ0n) is 15.6. The molecule has 0 spiro atoms. The number of hydrogen-bond donors (Lipinski definition) is 3. The van der Waals surface area contributed by atoms with E-state index in [-0.39, 0.29) is 36.7 Å². The molecule has 0 radical (unpaired) electrons. The largest absolute Gasteiger partial charge is 0.355 e. The van der Waals surface area contributed by atoms with Crippen molar-refractivity contribution >= 4 is 24.2 Å². The van der Waals surface area contributed by atoms with Gasteiger partial charge in [0.15, 0.2) is 0 Å². The first-order valence-electron chi connectivity index (χ1n) is 9.67. The molecule has 0 heterocycles. The average Bonchev–Trinajstić information content (AvgIpc) is 2.50. The molecule has 4 N–H and O–H groups in total. The summed E-state index contributed by atoms with van der Waals surface area (Å²) in [7, 11) is 0. The van der Waals surface area contributed by atoms with Crippen LogP contribution >= 0.6 is 12.4 Å². The van der Waals surface area contributed by atoms with Crippen molar-refractivity contribution in [2.24, 2.45) is 34.8 Å². The fraction of sp³-hybridized carbons (Fsp3) is 0.895. The second kappa shape index (κ2) is 8.26. The van der Waals surface area contributed by atoms with Crippen molar-refractivity contribution in [1.29, 1.82) is 0 Å². The molecular weight excluding hydrogens is 338 g/mol. The molecule has 1 atom stereocenters. The molecule has 0 aromatic rings. The standard InChI is InChI=1S/C19H33N3O2.ClH/c1-12(2)17(20)18(24)22-11-16(23)21-4-3-19-8-13-5-14(9-19)7-15(6-13)10-19;/h12-15,17H,3-11,20H2,1-2H3,(H,21,23)(H,22,24);1H/t13?,14?,15?,17-,19?;/m0./s1. The normalized spacial score (nSPS) is 33.7. The lowest BCUT2D eigenvalue weighted by atomic mass is 9.49. The quantitative estimate of drug-likeness (QED) is 0.641. The Morgan fingerprint density at radius 3 is 2.04 bits per heavy atom. The van der Waals surface area contributed by atoms with Crippen LogP contribution in [0, 0.1) is 29.1 Å². The molecule has 0 unspecified atom stereocenters. The number of rotatable bonds is 7. The topological polar surface area (TPSA) is 84.2 Å². The third-order valence-electron chi connectivity index (χ3n) is 6.59. The van der Waals surface area contributed by atoms with Gasteiger partial charge in [0, 0.05) is 6.54 Å². The summed E-state index contributed by atoms with van der Waals surface area (Å²) in [5.41, 5.74) is 6.26. The first-order valence-corrected chi connectivity index (χ1v) is 9.67. The predicted octanol–water partition coefficient (Wildman–Crippen LogP) is 2.23. The molecule has 0 aromatic heterocycles. The van der Waals surface area contributed by atoms with Gasteiger partial charge in [-0.3, -0.25) is 9.59 Å².